The number of carbonyl (C=O) groups is 2. The van der Waals surface area contributed by atoms with Gasteiger partial charge in [-0.15, -0.1) is 0 Å². The number of esters is 2. The van der Waals surface area contributed by atoms with Crippen LogP contribution in [-0.4, -0.2) is 31.8 Å². The van der Waals surface area contributed by atoms with Gasteiger partial charge in [0.05, 0.1) is 12.1 Å². The summed E-state index contributed by atoms with van der Waals surface area (Å²) >= 11 is 11.8. The van der Waals surface area contributed by atoms with Gasteiger partial charge in [0.15, 0.2) is 6.61 Å². The molecule has 0 aliphatic heterocycles. The molecule has 1 aromatic rings. The molecule has 0 bridgehead atoms. The van der Waals surface area contributed by atoms with Gasteiger partial charge in [0.25, 0.3) is 0 Å². The van der Waals surface area contributed by atoms with E-state index in [2.05, 4.69) is 11.3 Å². The second-order valence-corrected chi connectivity index (χ2v) is 6.58. The van der Waals surface area contributed by atoms with E-state index in [0.717, 1.165) is 5.57 Å². The van der Waals surface area contributed by atoms with E-state index in [1.54, 1.807) is 26.0 Å². The molecule has 5 nitrogen and oxygen atoms in total. The number of hydrogen-bond acceptors (Lipinski definition) is 5. The van der Waals surface area contributed by atoms with Crippen molar-refractivity contribution >= 4 is 35.1 Å². The van der Waals surface area contributed by atoms with Gasteiger partial charge in [-0.2, -0.15) is 0 Å². The van der Waals surface area contributed by atoms with Crippen LogP contribution in [0.1, 0.15) is 26.7 Å². The van der Waals surface area contributed by atoms with Gasteiger partial charge in [-0.1, -0.05) is 35.4 Å². The standard InChI is InChI=1S/C19H22Cl2O5/c1-12(2)16(7-5-13(3)9-18(22)24-4)26-19(23)11-25-17-8-6-14(20)10-15(17)21/h6,8-10,16H,1,5,7,11H2,2-4H3. The van der Waals surface area contributed by atoms with Crippen molar-refractivity contribution in [3.63, 3.8) is 0 Å². The van der Waals surface area contributed by atoms with Crippen LogP contribution in [0.25, 0.3) is 0 Å². The van der Waals surface area contributed by atoms with Gasteiger partial charge >= 0.3 is 11.9 Å². The fraction of sp³-hybridized carbons (Fsp3) is 0.368. The summed E-state index contributed by atoms with van der Waals surface area (Å²) in [6.07, 6.45) is 1.99. The quantitative estimate of drug-likeness (QED) is 0.339. The summed E-state index contributed by atoms with van der Waals surface area (Å²) < 4.78 is 15.3. The molecule has 0 heterocycles. The van der Waals surface area contributed by atoms with Gasteiger partial charge in [0.1, 0.15) is 11.9 Å². The highest BCUT2D eigenvalue weighted by Crippen LogP contribution is 2.27. The summed E-state index contributed by atoms with van der Waals surface area (Å²) in [6.45, 7) is 7.13. The molecule has 0 aliphatic carbocycles. The Hall–Kier alpha value is -1.98. The molecule has 0 aliphatic rings. The molecule has 1 atom stereocenters. The zero-order valence-corrected chi connectivity index (χ0v) is 16.5. The number of carbonyl (C=O) groups excluding carboxylic acids is 2. The second-order valence-electron chi connectivity index (χ2n) is 5.74. The number of allylic oxidation sites excluding steroid dienone is 1. The molecule has 1 aromatic carbocycles. The van der Waals surface area contributed by atoms with Crippen LogP contribution in [0.5, 0.6) is 5.75 Å². The lowest BCUT2D eigenvalue weighted by molar-refractivity contribution is -0.150. The zero-order valence-electron chi connectivity index (χ0n) is 15.0. The molecule has 0 radical (unpaired) electrons. The second kappa shape index (κ2) is 10.9. The highest BCUT2D eigenvalue weighted by molar-refractivity contribution is 6.35. The first-order valence-corrected chi connectivity index (χ1v) is 8.66. The lowest BCUT2D eigenvalue weighted by Crippen LogP contribution is -2.23. The molecule has 142 valence electrons. The Morgan fingerprint density at radius 1 is 1.27 bits per heavy atom. The van der Waals surface area contributed by atoms with Gasteiger partial charge in [0.2, 0.25) is 0 Å². The van der Waals surface area contributed by atoms with Crippen LogP contribution in [0.15, 0.2) is 42.0 Å². The lowest BCUT2D eigenvalue weighted by Gasteiger charge is -2.18. The maximum absolute atomic E-state index is 12.0. The molecule has 1 rings (SSSR count). The smallest absolute Gasteiger partial charge is 0.344 e. The van der Waals surface area contributed by atoms with Crippen LogP contribution in [-0.2, 0) is 19.1 Å². The highest BCUT2D eigenvalue weighted by atomic mass is 35.5. The topological polar surface area (TPSA) is 61.8 Å². The van der Waals surface area contributed by atoms with Gasteiger partial charge in [-0.3, -0.25) is 0 Å². The van der Waals surface area contributed by atoms with Crippen LogP contribution in [0.3, 0.4) is 0 Å². The molecule has 1 unspecified atom stereocenters. The summed E-state index contributed by atoms with van der Waals surface area (Å²) in [5, 5.41) is 0.785. The third-order valence-corrected chi connectivity index (χ3v) is 3.96. The minimum atomic E-state index is -0.543. The SMILES string of the molecule is C=C(C)C(CCC(C)=CC(=O)OC)OC(=O)COc1ccc(Cl)cc1Cl. The van der Waals surface area contributed by atoms with E-state index in [4.69, 9.17) is 32.7 Å². The number of hydrogen-bond donors (Lipinski definition) is 0. The Morgan fingerprint density at radius 2 is 1.96 bits per heavy atom. The van der Waals surface area contributed by atoms with Crippen molar-refractivity contribution in [2.24, 2.45) is 0 Å². The van der Waals surface area contributed by atoms with E-state index in [9.17, 15) is 9.59 Å². The molecule has 0 N–H and O–H groups in total. The molecule has 0 saturated heterocycles. The zero-order chi connectivity index (χ0) is 19.7. The number of ether oxygens (including phenoxy) is 3. The molecule has 0 saturated carbocycles. The fourth-order valence-corrected chi connectivity index (χ4v) is 2.48. The maximum atomic E-state index is 12.0. The Bertz CT molecular complexity index is 697. The van der Waals surface area contributed by atoms with E-state index in [1.807, 2.05) is 0 Å². The normalized spacial score (nSPS) is 12.3. The lowest BCUT2D eigenvalue weighted by atomic mass is 10.0. The largest absolute Gasteiger partial charge is 0.480 e. The van der Waals surface area contributed by atoms with Crippen LogP contribution in [0.2, 0.25) is 10.0 Å². The minimum absolute atomic E-state index is 0.290. The predicted molar refractivity (Wildman–Crippen MR) is 102 cm³/mol. The highest BCUT2D eigenvalue weighted by Gasteiger charge is 2.16. The maximum Gasteiger partial charge on any atom is 0.344 e. The molecular weight excluding hydrogens is 379 g/mol. The van der Waals surface area contributed by atoms with Crippen molar-refractivity contribution in [3.8, 4) is 5.75 Å². The first-order chi connectivity index (χ1) is 12.2. The Balaban J connectivity index is 2.55. The average molecular weight is 401 g/mol. The first-order valence-electron chi connectivity index (χ1n) is 7.90. The number of benzene rings is 1. The van der Waals surface area contributed by atoms with Crippen LogP contribution < -0.4 is 4.74 Å². The molecule has 7 heteroatoms. The minimum Gasteiger partial charge on any atom is -0.480 e. The summed E-state index contributed by atoms with van der Waals surface area (Å²) in [7, 11) is 1.32. The summed E-state index contributed by atoms with van der Waals surface area (Å²) in [6, 6.07) is 4.72. The predicted octanol–water partition coefficient (Wildman–Crippen LogP) is 4.76. The average Bonchev–Trinajstić information content (AvgIpc) is 2.57. The third-order valence-electron chi connectivity index (χ3n) is 3.43. The van der Waals surface area contributed by atoms with Gasteiger partial charge in [0, 0.05) is 11.1 Å². The van der Waals surface area contributed by atoms with Crippen LogP contribution >= 0.6 is 23.2 Å². The van der Waals surface area contributed by atoms with Crippen molar-refractivity contribution in [2.45, 2.75) is 32.8 Å². The first kappa shape index (κ1) is 22.1. The molecule has 26 heavy (non-hydrogen) atoms. The van der Waals surface area contributed by atoms with Crippen molar-refractivity contribution < 1.29 is 23.8 Å². The fourth-order valence-electron chi connectivity index (χ4n) is 2.02. The molecule has 0 spiro atoms. The molecular formula is C19H22Cl2O5. The molecule has 0 fully saturated rings. The summed E-state index contributed by atoms with van der Waals surface area (Å²) in [4.78, 5) is 23.2. The Morgan fingerprint density at radius 3 is 2.54 bits per heavy atom. The van der Waals surface area contributed by atoms with Crippen LogP contribution in [0, 0.1) is 0 Å². The van der Waals surface area contributed by atoms with Gasteiger partial charge in [-0.05, 0) is 50.5 Å². The van der Waals surface area contributed by atoms with E-state index in [0.29, 0.717) is 34.2 Å². The van der Waals surface area contributed by atoms with Crippen molar-refractivity contribution in [1.29, 1.82) is 0 Å². The number of rotatable bonds is 9. The monoisotopic (exact) mass is 400 g/mol. The van der Waals surface area contributed by atoms with Crippen molar-refractivity contribution in [2.75, 3.05) is 13.7 Å². The van der Waals surface area contributed by atoms with E-state index >= 15 is 0 Å². The summed E-state index contributed by atoms with van der Waals surface area (Å²) in [5.41, 5.74) is 1.53. The van der Waals surface area contributed by atoms with E-state index < -0.39 is 18.0 Å². The third kappa shape index (κ3) is 7.93. The van der Waals surface area contributed by atoms with E-state index in [-0.39, 0.29) is 6.61 Å². The molecule has 0 aromatic heterocycles. The Labute approximate surface area is 163 Å². The number of methoxy groups -OCH3 is 1. The van der Waals surface area contributed by atoms with Crippen LogP contribution in [0.4, 0.5) is 0 Å². The van der Waals surface area contributed by atoms with Gasteiger partial charge < -0.3 is 14.2 Å². The number of halogens is 2. The van der Waals surface area contributed by atoms with Crippen molar-refractivity contribution in [1.82, 2.24) is 0 Å². The molecule has 0 amide bonds. The van der Waals surface area contributed by atoms with E-state index in [1.165, 1.54) is 19.3 Å². The van der Waals surface area contributed by atoms with Crippen molar-refractivity contribution in [3.05, 3.63) is 52.0 Å². The summed E-state index contributed by atoms with van der Waals surface area (Å²) in [5.74, 6) is -0.616. The Kier molecular flexibility index (Phi) is 9.24. The van der Waals surface area contributed by atoms with Gasteiger partial charge in [-0.25, -0.2) is 9.59 Å².